The fourth-order valence-electron chi connectivity index (χ4n) is 2.86. The molecule has 0 bridgehead atoms. The molecule has 1 atom stereocenters. The van der Waals surface area contributed by atoms with Crippen molar-refractivity contribution < 1.29 is 9.90 Å². The van der Waals surface area contributed by atoms with Gasteiger partial charge >= 0.3 is 5.97 Å². The highest BCUT2D eigenvalue weighted by Gasteiger charge is 2.43. The Balaban J connectivity index is 2.01. The van der Waals surface area contributed by atoms with Gasteiger partial charge in [0.15, 0.2) is 0 Å². The standard InChI is InChI=1S/C12H21NO2/c1-10-5-8-13(10)9-12(11(14)15)6-3-2-4-7-12/h10H,2-9H2,1H3,(H,14,15). The smallest absolute Gasteiger partial charge is 0.310 e. The van der Waals surface area contributed by atoms with Crippen molar-refractivity contribution in [2.75, 3.05) is 13.1 Å². The first-order valence-electron chi connectivity index (χ1n) is 6.11. The van der Waals surface area contributed by atoms with E-state index in [1.807, 2.05) is 0 Å². The van der Waals surface area contributed by atoms with Crippen LogP contribution in [0.3, 0.4) is 0 Å². The van der Waals surface area contributed by atoms with Crippen molar-refractivity contribution in [2.45, 2.75) is 51.5 Å². The van der Waals surface area contributed by atoms with Gasteiger partial charge in [0.1, 0.15) is 0 Å². The molecule has 0 radical (unpaired) electrons. The fourth-order valence-corrected chi connectivity index (χ4v) is 2.86. The van der Waals surface area contributed by atoms with Gasteiger partial charge in [-0.05, 0) is 32.7 Å². The van der Waals surface area contributed by atoms with E-state index in [0.29, 0.717) is 6.04 Å². The Bertz CT molecular complexity index is 246. The average Bonchev–Trinajstić information content (AvgIpc) is 2.25. The van der Waals surface area contributed by atoms with Gasteiger partial charge in [-0.3, -0.25) is 9.69 Å². The monoisotopic (exact) mass is 211 g/mol. The molecule has 1 N–H and O–H groups in total. The zero-order valence-corrected chi connectivity index (χ0v) is 9.54. The molecule has 86 valence electrons. The number of rotatable bonds is 3. The van der Waals surface area contributed by atoms with Crippen molar-refractivity contribution in [1.29, 1.82) is 0 Å². The molecule has 1 unspecified atom stereocenters. The van der Waals surface area contributed by atoms with E-state index in [0.717, 1.165) is 38.8 Å². The molecule has 1 heterocycles. The van der Waals surface area contributed by atoms with Gasteiger partial charge < -0.3 is 5.11 Å². The molecule has 2 aliphatic rings. The lowest BCUT2D eigenvalue weighted by Crippen LogP contribution is -2.53. The minimum Gasteiger partial charge on any atom is -0.481 e. The molecule has 1 saturated heterocycles. The van der Waals surface area contributed by atoms with E-state index in [1.54, 1.807) is 0 Å². The van der Waals surface area contributed by atoms with Gasteiger partial charge in [-0.15, -0.1) is 0 Å². The minimum absolute atomic E-state index is 0.424. The summed E-state index contributed by atoms with van der Waals surface area (Å²) in [6.45, 7) is 4.07. The van der Waals surface area contributed by atoms with Gasteiger partial charge in [0.25, 0.3) is 0 Å². The molecule has 0 spiro atoms. The lowest BCUT2D eigenvalue weighted by molar-refractivity contribution is -0.154. The Morgan fingerprint density at radius 3 is 2.47 bits per heavy atom. The van der Waals surface area contributed by atoms with Gasteiger partial charge in [-0.25, -0.2) is 0 Å². The third kappa shape index (κ3) is 2.03. The highest BCUT2D eigenvalue weighted by Crippen LogP contribution is 2.39. The topological polar surface area (TPSA) is 40.5 Å². The van der Waals surface area contributed by atoms with Crippen LogP contribution in [0.4, 0.5) is 0 Å². The predicted octanol–water partition coefficient (Wildman–Crippen LogP) is 2.12. The summed E-state index contributed by atoms with van der Waals surface area (Å²) in [4.78, 5) is 13.8. The third-order valence-electron chi connectivity index (χ3n) is 4.23. The zero-order chi connectivity index (χ0) is 10.9. The number of likely N-dealkylation sites (tertiary alicyclic amines) is 1. The van der Waals surface area contributed by atoms with E-state index in [9.17, 15) is 9.90 Å². The van der Waals surface area contributed by atoms with Gasteiger partial charge in [-0.2, -0.15) is 0 Å². The van der Waals surface area contributed by atoms with Gasteiger partial charge in [0, 0.05) is 12.6 Å². The van der Waals surface area contributed by atoms with Crippen LogP contribution in [0.25, 0.3) is 0 Å². The van der Waals surface area contributed by atoms with Gasteiger partial charge in [0.05, 0.1) is 5.41 Å². The van der Waals surface area contributed by atoms with Crippen LogP contribution in [0.1, 0.15) is 45.4 Å². The molecular weight excluding hydrogens is 190 g/mol. The van der Waals surface area contributed by atoms with Crippen LogP contribution in [0.15, 0.2) is 0 Å². The molecule has 15 heavy (non-hydrogen) atoms. The second kappa shape index (κ2) is 4.12. The molecule has 0 aromatic carbocycles. The molecule has 0 amide bonds. The second-order valence-electron chi connectivity index (χ2n) is 5.25. The van der Waals surface area contributed by atoms with Gasteiger partial charge in [0.2, 0.25) is 0 Å². The van der Waals surface area contributed by atoms with Crippen LogP contribution in [-0.4, -0.2) is 35.1 Å². The van der Waals surface area contributed by atoms with E-state index in [1.165, 1.54) is 12.8 Å². The quantitative estimate of drug-likeness (QED) is 0.777. The Kier molecular flexibility index (Phi) is 3.01. The fraction of sp³-hybridized carbons (Fsp3) is 0.917. The summed E-state index contributed by atoms with van der Waals surface area (Å²) in [6.07, 6.45) is 6.39. The number of hydrogen-bond acceptors (Lipinski definition) is 2. The van der Waals surface area contributed by atoms with E-state index in [4.69, 9.17) is 0 Å². The van der Waals surface area contributed by atoms with Crippen LogP contribution in [0, 0.1) is 5.41 Å². The van der Waals surface area contributed by atoms with Crippen LogP contribution in [0.2, 0.25) is 0 Å². The summed E-state index contributed by atoms with van der Waals surface area (Å²) < 4.78 is 0. The highest BCUT2D eigenvalue weighted by atomic mass is 16.4. The van der Waals surface area contributed by atoms with Crippen molar-refractivity contribution in [3.8, 4) is 0 Å². The maximum Gasteiger partial charge on any atom is 0.310 e. The summed E-state index contributed by atoms with van der Waals surface area (Å²) in [6, 6.07) is 0.600. The van der Waals surface area contributed by atoms with Crippen LogP contribution >= 0.6 is 0 Å². The third-order valence-corrected chi connectivity index (χ3v) is 4.23. The van der Waals surface area contributed by atoms with E-state index in [-0.39, 0.29) is 0 Å². The number of carbonyl (C=O) groups is 1. The normalized spacial score (nSPS) is 30.9. The Labute approximate surface area is 91.5 Å². The predicted molar refractivity (Wildman–Crippen MR) is 58.8 cm³/mol. The molecule has 3 heteroatoms. The Morgan fingerprint density at radius 1 is 1.40 bits per heavy atom. The van der Waals surface area contributed by atoms with E-state index < -0.39 is 11.4 Å². The zero-order valence-electron chi connectivity index (χ0n) is 9.54. The summed E-state index contributed by atoms with van der Waals surface area (Å²) in [5.41, 5.74) is -0.424. The van der Waals surface area contributed by atoms with Crippen LogP contribution in [-0.2, 0) is 4.79 Å². The second-order valence-corrected chi connectivity index (χ2v) is 5.25. The molecule has 0 aromatic heterocycles. The molecule has 1 saturated carbocycles. The largest absolute Gasteiger partial charge is 0.481 e. The summed E-state index contributed by atoms with van der Waals surface area (Å²) in [5, 5.41) is 9.42. The highest BCUT2D eigenvalue weighted by molar-refractivity contribution is 5.75. The van der Waals surface area contributed by atoms with E-state index >= 15 is 0 Å². The average molecular weight is 211 g/mol. The number of hydrogen-bond donors (Lipinski definition) is 1. The molecular formula is C12H21NO2. The SMILES string of the molecule is CC1CCN1CC1(C(=O)O)CCCCC1. The summed E-state index contributed by atoms with van der Waals surface area (Å²) in [5.74, 6) is -0.568. The maximum absolute atomic E-state index is 11.4. The van der Waals surface area contributed by atoms with Crippen LogP contribution in [0.5, 0.6) is 0 Å². The number of nitrogens with zero attached hydrogens (tertiary/aromatic N) is 1. The summed E-state index contributed by atoms with van der Waals surface area (Å²) >= 11 is 0. The first-order valence-corrected chi connectivity index (χ1v) is 6.11. The lowest BCUT2D eigenvalue weighted by Gasteiger charge is -2.45. The minimum atomic E-state index is -0.568. The van der Waals surface area contributed by atoms with E-state index in [2.05, 4.69) is 11.8 Å². The Hall–Kier alpha value is -0.570. The summed E-state index contributed by atoms with van der Waals surface area (Å²) in [7, 11) is 0. The van der Waals surface area contributed by atoms with Crippen molar-refractivity contribution in [1.82, 2.24) is 4.90 Å². The number of carboxylic acids is 1. The van der Waals surface area contributed by atoms with Crippen molar-refractivity contribution in [3.05, 3.63) is 0 Å². The molecule has 2 rings (SSSR count). The first-order chi connectivity index (χ1) is 7.14. The van der Waals surface area contributed by atoms with Crippen molar-refractivity contribution in [3.63, 3.8) is 0 Å². The molecule has 1 aliphatic heterocycles. The van der Waals surface area contributed by atoms with Crippen LogP contribution < -0.4 is 0 Å². The maximum atomic E-state index is 11.4. The molecule has 2 fully saturated rings. The lowest BCUT2D eigenvalue weighted by atomic mass is 9.73. The number of carboxylic acid groups (broad SMARTS) is 1. The van der Waals surface area contributed by atoms with Gasteiger partial charge in [-0.1, -0.05) is 19.3 Å². The number of aliphatic carboxylic acids is 1. The molecule has 3 nitrogen and oxygen atoms in total. The van der Waals surface area contributed by atoms with Crippen molar-refractivity contribution in [2.24, 2.45) is 5.41 Å². The Morgan fingerprint density at radius 2 is 2.07 bits per heavy atom. The molecule has 1 aliphatic carbocycles. The van der Waals surface area contributed by atoms with Crippen molar-refractivity contribution >= 4 is 5.97 Å². The molecule has 0 aromatic rings. The first kappa shape index (κ1) is 10.9.